The molecule has 1 aliphatic rings. The van der Waals surface area contributed by atoms with Crippen LogP contribution in [-0.4, -0.2) is 23.7 Å². The minimum absolute atomic E-state index is 0.165. The first-order valence-corrected chi connectivity index (χ1v) is 8.68. The number of anilines is 1. The fraction of sp³-hybridized carbons (Fsp3) is 0.0625. The molecule has 0 saturated carbocycles. The lowest BCUT2D eigenvalue weighted by Crippen LogP contribution is -2.22. The molecule has 0 radical (unpaired) electrons. The van der Waals surface area contributed by atoms with Gasteiger partial charge in [0.25, 0.3) is 5.91 Å². The highest BCUT2D eigenvalue weighted by molar-refractivity contribution is 7.22. The zero-order chi connectivity index (χ0) is 15.8. The Kier molecular flexibility index (Phi) is 3.44. The van der Waals surface area contributed by atoms with Crippen molar-refractivity contribution in [2.75, 3.05) is 12.1 Å². The third kappa shape index (κ3) is 2.34. The molecule has 0 fully saturated rings. The highest BCUT2D eigenvalue weighted by Crippen LogP contribution is 2.33. The van der Waals surface area contributed by atoms with Crippen LogP contribution < -0.4 is 10.3 Å². The van der Waals surface area contributed by atoms with Gasteiger partial charge in [0, 0.05) is 13.2 Å². The van der Waals surface area contributed by atoms with Gasteiger partial charge >= 0.3 is 0 Å². The minimum Gasteiger partial charge on any atom is -0.393 e. The summed E-state index contributed by atoms with van der Waals surface area (Å²) in [6.45, 7) is 0. The van der Waals surface area contributed by atoms with Crippen LogP contribution in [0.5, 0.6) is 0 Å². The average Bonchev–Trinajstić information content (AvgIpc) is 3.27. The Labute approximate surface area is 140 Å². The average molecular weight is 340 g/mol. The Balaban J connectivity index is 1.82. The molecule has 0 spiro atoms. The van der Waals surface area contributed by atoms with Crippen LogP contribution in [0.3, 0.4) is 0 Å². The Morgan fingerprint density at radius 2 is 2.09 bits per heavy atom. The van der Waals surface area contributed by atoms with Crippen LogP contribution in [0.4, 0.5) is 5.13 Å². The van der Waals surface area contributed by atoms with Crippen LogP contribution >= 0.6 is 22.7 Å². The molecular weight excluding hydrogens is 328 g/mol. The summed E-state index contributed by atoms with van der Waals surface area (Å²) in [5.41, 5.74) is 2.10. The second kappa shape index (κ2) is 5.60. The maximum Gasteiger partial charge on any atom is 0.284 e. The third-order valence-electron chi connectivity index (χ3n) is 3.38. The summed E-state index contributed by atoms with van der Waals surface area (Å²) in [5.74, 6) is -0.165. The van der Waals surface area contributed by atoms with Gasteiger partial charge in [-0.15, -0.1) is 11.3 Å². The Hall–Kier alpha value is -2.51. The molecule has 0 aliphatic carbocycles. The molecule has 1 aliphatic heterocycles. The van der Waals surface area contributed by atoms with E-state index in [1.807, 2.05) is 41.8 Å². The van der Waals surface area contributed by atoms with E-state index in [-0.39, 0.29) is 5.91 Å². The van der Waals surface area contributed by atoms with Crippen molar-refractivity contribution in [2.45, 2.75) is 0 Å². The largest absolute Gasteiger partial charge is 0.393 e. The number of thiophene rings is 1. The number of hydrogen-bond acceptors (Lipinski definition) is 6. The van der Waals surface area contributed by atoms with Crippen molar-refractivity contribution in [3.05, 3.63) is 58.4 Å². The highest BCUT2D eigenvalue weighted by Gasteiger charge is 2.34. The van der Waals surface area contributed by atoms with Gasteiger partial charge in [-0.2, -0.15) is 10.1 Å². The number of nitrogens with one attached hydrogen (secondary N) is 1. The maximum absolute atomic E-state index is 12.8. The Morgan fingerprint density at radius 1 is 1.22 bits per heavy atom. The van der Waals surface area contributed by atoms with Crippen molar-refractivity contribution in [3.63, 3.8) is 0 Å². The van der Waals surface area contributed by atoms with Crippen LogP contribution in [-0.2, 0) is 4.79 Å². The Morgan fingerprint density at radius 3 is 2.83 bits per heavy atom. The molecule has 1 aromatic carbocycles. The first kappa shape index (κ1) is 14.1. The number of hydrazone groups is 1. The summed E-state index contributed by atoms with van der Waals surface area (Å²) in [6, 6.07) is 11.7. The molecular formula is C16H12N4OS2. The molecule has 1 amide bonds. The van der Waals surface area contributed by atoms with Gasteiger partial charge in [-0.3, -0.25) is 4.79 Å². The van der Waals surface area contributed by atoms with Crippen molar-refractivity contribution in [3.8, 4) is 0 Å². The molecule has 114 valence electrons. The summed E-state index contributed by atoms with van der Waals surface area (Å²) in [6.07, 6.45) is 1.69. The molecule has 3 heterocycles. The lowest BCUT2D eigenvalue weighted by molar-refractivity contribution is -0.114. The van der Waals surface area contributed by atoms with Crippen molar-refractivity contribution in [1.82, 2.24) is 10.3 Å². The molecule has 0 unspecified atom stereocenters. The fourth-order valence-electron chi connectivity index (χ4n) is 2.36. The van der Waals surface area contributed by atoms with Crippen molar-refractivity contribution in [2.24, 2.45) is 5.10 Å². The summed E-state index contributed by atoms with van der Waals surface area (Å²) in [7, 11) is 1.77. The van der Waals surface area contributed by atoms with E-state index >= 15 is 0 Å². The van der Waals surface area contributed by atoms with E-state index in [9.17, 15) is 4.79 Å². The van der Waals surface area contributed by atoms with E-state index in [0.717, 1.165) is 15.1 Å². The van der Waals surface area contributed by atoms with Gasteiger partial charge in [-0.1, -0.05) is 29.5 Å². The van der Waals surface area contributed by atoms with Crippen molar-refractivity contribution in [1.29, 1.82) is 0 Å². The lowest BCUT2D eigenvalue weighted by Gasteiger charge is -2.06. The number of carbonyl (C=O) groups excluding carboxylic acids is 1. The van der Waals surface area contributed by atoms with Gasteiger partial charge in [0.2, 0.25) is 5.13 Å². The van der Waals surface area contributed by atoms with Gasteiger partial charge in [0.1, 0.15) is 5.71 Å². The van der Waals surface area contributed by atoms with Gasteiger partial charge in [-0.05, 0) is 23.6 Å². The molecule has 2 aromatic heterocycles. The number of aromatic nitrogens is 1. The summed E-state index contributed by atoms with van der Waals surface area (Å²) in [5, 5.41) is 11.4. The summed E-state index contributed by atoms with van der Waals surface area (Å²) >= 11 is 3.02. The van der Waals surface area contributed by atoms with Gasteiger partial charge in [0.15, 0.2) is 0 Å². The maximum atomic E-state index is 12.8. The number of para-hydroxylation sites is 1. The van der Waals surface area contributed by atoms with Crippen LogP contribution in [0.25, 0.3) is 10.2 Å². The van der Waals surface area contributed by atoms with E-state index in [0.29, 0.717) is 16.4 Å². The number of carbonyl (C=O) groups is 1. The van der Waals surface area contributed by atoms with Crippen LogP contribution in [0.15, 0.2) is 58.7 Å². The number of hydrogen-bond donors (Lipinski definition) is 1. The first-order valence-electron chi connectivity index (χ1n) is 6.98. The number of benzene rings is 1. The number of fused-ring (bicyclic) bond motifs is 1. The molecule has 0 bridgehead atoms. The molecule has 4 rings (SSSR count). The van der Waals surface area contributed by atoms with Crippen LogP contribution in [0.1, 0.15) is 4.88 Å². The van der Waals surface area contributed by atoms with Gasteiger partial charge in [0.05, 0.1) is 20.7 Å². The SMILES string of the molecule is CNC=C1C(=O)N(c2nc3ccccc3s2)N=C1c1cccs1. The third-order valence-corrected chi connectivity index (χ3v) is 5.27. The minimum atomic E-state index is -0.165. The normalized spacial score (nSPS) is 16.4. The van der Waals surface area contributed by atoms with E-state index in [2.05, 4.69) is 15.4 Å². The quantitative estimate of drug-likeness (QED) is 0.745. The van der Waals surface area contributed by atoms with E-state index in [1.54, 1.807) is 24.6 Å². The van der Waals surface area contributed by atoms with Crippen molar-refractivity contribution < 1.29 is 4.79 Å². The second-order valence-electron chi connectivity index (χ2n) is 4.85. The standard InChI is InChI=1S/C16H12N4OS2/c1-17-9-10-14(13-7-4-8-22-13)19-20(15(10)21)16-18-11-5-2-3-6-12(11)23-16/h2-9,17H,1H3. The zero-order valence-electron chi connectivity index (χ0n) is 12.2. The van der Waals surface area contributed by atoms with Crippen LogP contribution in [0, 0.1) is 0 Å². The summed E-state index contributed by atoms with van der Waals surface area (Å²) < 4.78 is 1.04. The predicted molar refractivity (Wildman–Crippen MR) is 95.1 cm³/mol. The van der Waals surface area contributed by atoms with Gasteiger partial charge < -0.3 is 5.32 Å². The predicted octanol–water partition coefficient (Wildman–Crippen LogP) is 3.21. The number of rotatable bonds is 3. The van der Waals surface area contributed by atoms with Gasteiger partial charge in [-0.25, -0.2) is 4.98 Å². The smallest absolute Gasteiger partial charge is 0.284 e. The Bertz CT molecular complexity index is 907. The van der Waals surface area contributed by atoms with E-state index < -0.39 is 0 Å². The molecule has 1 N–H and O–H groups in total. The first-order chi connectivity index (χ1) is 11.3. The molecule has 3 aromatic rings. The highest BCUT2D eigenvalue weighted by atomic mass is 32.1. The molecule has 23 heavy (non-hydrogen) atoms. The molecule has 5 nitrogen and oxygen atoms in total. The van der Waals surface area contributed by atoms with E-state index in [4.69, 9.17) is 0 Å². The summed E-state index contributed by atoms with van der Waals surface area (Å²) in [4.78, 5) is 18.2. The fourth-order valence-corrected chi connectivity index (χ4v) is 4.00. The van der Waals surface area contributed by atoms with Crippen molar-refractivity contribution >= 4 is 49.6 Å². The number of amides is 1. The lowest BCUT2D eigenvalue weighted by atomic mass is 10.1. The second-order valence-corrected chi connectivity index (χ2v) is 6.81. The molecule has 7 heteroatoms. The molecule has 0 atom stereocenters. The monoisotopic (exact) mass is 340 g/mol. The van der Waals surface area contributed by atoms with E-state index in [1.165, 1.54) is 16.3 Å². The van der Waals surface area contributed by atoms with Crippen LogP contribution in [0.2, 0.25) is 0 Å². The topological polar surface area (TPSA) is 57.6 Å². The zero-order valence-corrected chi connectivity index (χ0v) is 13.8. The molecule has 0 saturated heterocycles. The number of thiazole rings is 1. The number of nitrogens with zero attached hydrogens (tertiary/aromatic N) is 3.